The number of nitrogens with one attached hydrogen (secondary N) is 2. The summed E-state index contributed by atoms with van der Waals surface area (Å²) in [7, 11) is 4.73. The summed E-state index contributed by atoms with van der Waals surface area (Å²) >= 11 is 1.62. The molecule has 0 fully saturated rings. The molecule has 0 aliphatic rings. The number of anilines is 3. The molecule has 31 heavy (non-hydrogen) atoms. The van der Waals surface area contributed by atoms with Crippen LogP contribution < -0.4 is 24.8 Å². The average Bonchev–Trinajstić information content (AvgIpc) is 3.46. The first-order valence-corrected chi connectivity index (χ1v) is 10.7. The summed E-state index contributed by atoms with van der Waals surface area (Å²) in [5.74, 6) is 2.71. The highest BCUT2D eigenvalue weighted by Gasteiger charge is 2.17. The van der Waals surface area contributed by atoms with Gasteiger partial charge in [0.1, 0.15) is 6.33 Å². The van der Waals surface area contributed by atoms with E-state index in [-0.39, 0.29) is 0 Å². The Balaban J connectivity index is 1.79. The summed E-state index contributed by atoms with van der Waals surface area (Å²) < 4.78 is 18.2. The van der Waals surface area contributed by atoms with E-state index < -0.39 is 0 Å². The van der Waals surface area contributed by atoms with Crippen LogP contribution in [0.5, 0.6) is 17.2 Å². The predicted octanol–water partition coefficient (Wildman–Crippen LogP) is 4.47. The van der Waals surface area contributed by atoms with Gasteiger partial charge in [-0.3, -0.25) is 4.57 Å². The summed E-state index contributed by atoms with van der Waals surface area (Å²) in [5, 5.41) is 10.7. The van der Waals surface area contributed by atoms with Crippen LogP contribution in [-0.4, -0.2) is 47.4 Å². The van der Waals surface area contributed by atoms with Crippen LogP contribution in [0.1, 0.15) is 13.3 Å². The molecule has 4 rings (SSSR count). The zero-order valence-corrected chi connectivity index (χ0v) is 18.6. The number of rotatable bonds is 9. The molecule has 1 aromatic carbocycles. The third-order valence-corrected chi connectivity index (χ3v) is 5.31. The number of nitrogens with zero attached hydrogens (tertiary/aromatic N) is 4. The molecule has 0 aliphatic carbocycles. The van der Waals surface area contributed by atoms with Crippen molar-refractivity contribution in [1.82, 2.24) is 19.5 Å². The largest absolute Gasteiger partial charge is 0.493 e. The molecule has 0 radical (unpaired) electrons. The van der Waals surface area contributed by atoms with Crippen molar-refractivity contribution < 1.29 is 14.2 Å². The van der Waals surface area contributed by atoms with Crippen molar-refractivity contribution in [3.63, 3.8) is 0 Å². The van der Waals surface area contributed by atoms with Crippen molar-refractivity contribution in [3.05, 3.63) is 35.3 Å². The van der Waals surface area contributed by atoms with E-state index in [1.54, 1.807) is 39.0 Å². The second-order valence-electron chi connectivity index (χ2n) is 6.63. The van der Waals surface area contributed by atoms with Crippen molar-refractivity contribution in [2.45, 2.75) is 13.3 Å². The van der Waals surface area contributed by atoms with E-state index in [1.807, 2.05) is 28.1 Å². The number of hydrogen-bond donors (Lipinski definition) is 2. The number of thiophene rings is 1. The second-order valence-corrected chi connectivity index (χ2v) is 7.41. The first kappa shape index (κ1) is 20.7. The van der Waals surface area contributed by atoms with Crippen molar-refractivity contribution in [2.24, 2.45) is 0 Å². The molecule has 0 atom stereocenters. The maximum atomic E-state index is 5.45. The molecular weight excluding hydrogens is 416 g/mol. The fourth-order valence-electron chi connectivity index (χ4n) is 3.19. The van der Waals surface area contributed by atoms with Gasteiger partial charge in [0.05, 0.1) is 27.0 Å². The minimum Gasteiger partial charge on any atom is -0.493 e. The summed E-state index contributed by atoms with van der Waals surface area (Å²) in [6.07, 6.45) is 2.73. The van der Waals surface area contributed by atoms with Crippen molar-refractivity contribution in [2.75, 3.05) is 38.5 Å². The Morgan fingerprint density at radius 1 is 1.06 bits per heavy atom. The van der Waals surface area contributed by atoms with Crippen LogP contribution in [0.4, 0.5) is 17.5 Å². The van der Waals surface area contributed by atoms with E-state index in [9.17, 15) is 0 Å². The summed E-state index contributed by atoms with van der Waals surface area (Å²) in [5.41, 5.74) is 3.14. The third-order valence-electron chi connectivity index (χ3n) is 4.64. The fraction of sp³-hybridized carbons (Fsp3) is 0.286. The maximum Gasteiger partial charge on any atom is 0.231 e. The second kappa shape index (κ2) is 9.09. The van der Waals surface area contributed by atoms with Crippen LogP contribution >= 0.6 is 11.3 Å². The zero-order chi connectivity index (χ0) is 21.8. The molecule has 4 aromatic rings. The minimum atomic E-state index is 0.428. The Labute approximate surface area is 184 Å². The van der Waals surface area contributed by atoms with E-state index in [4.69, 9.17) is 19.2 Å². The fourth-order valence-corrected chi connectivity index (χ4v) is 3.82. The number of methoxy groups -OCH3 is 3. The highest BCUT2D eigenvalue weighted by molar-refractivity contribution is 7.08. The highest BCUT2D eigenvalue weighted by atomic mass is 32.1. The Bertz CT molecular complexity index is 1150. The van der Waals surface area contributed by atoms with E-state index in [0.29, 0.717) is 40.3 Å². The van der Waals surface area contributed by atoms with Gasteiger partial charge in [0.2, 0.25) is 11.7 Å². The molecule has 2 N–H and O–H groups in total. The summed E-state index contributed by atoms with van der Waals surface area (Å²) in [6, 6.07) is 5.65. The Morgan fingerprint density at radius 2 is 1.84 bits per heavy atom. The van der Waals surface area contributed by atoms with Gasteiger partial charge in [-0.15, -0.1) is 0 Å². The lowest BCUT2D eigenvalue weighted by Crippen LogP contribution is -2.07. The van der Waals surface area contributed by atoms with Crippen LogP contribution in [0.25, 0.3) is 16.9 Å². The van der Waals surface area contributed by atoms with Gasteiger partial charge in [-0.05, 0) is 17.9 Å². The number of imidazole rings is 1. The van der Waals surface area contributed by atoms with E-state index in [2.05, 4.69) is 32.9 Å². The lowest BCUT2D eigenvalue weighted by atomic mass is 10.2. The number of hydrogen-bond acceptors (Lipinski definition) is 9. The molecule has 0 saturated carbocycles. The first-order valence-electron chi connectivity index (χ1n) is 9.77. The predicted molar refractivity (Wildman–Crippen MR) is 123 cm³/mol. The molecule has 10 heteroatoms. The summed E-state index contributed by atoms with van der Waals surface area (Å²) in [6.45, 7) is 2.88. The first-order chi connectivity index (χ1) is 15.2. The van der Waals surface area contributed by atoms with E-state index in [1.165, 1.54) is 0 Å². The van der Waals surface area contributed by atoms with Crippen LogP contribution in [0, 0.1) is 0 Å². The highest BCUT2D eigenvalue weighted by Crippen LogP contribution is 2.40. The van der Waals surface area contributed by atoms with Gasteiger partial charge >= 0.3 is 0 Å². The quantitative estimate of drug-likeness (QED) is 0.394. The van der Waals surface area contributed by atoms with Crippen LogP contribution in [-0.2, 0) is 0 Å². The zero-order valence-electron chi connectivity index (χ0n) is 17.8. The molecule has 3 heterocycles. The van der Waals surface area contributed by atoms with Crippen molar-refractivity contribution in [3.8, 4) is 22.9 Å². The Kier molecular flexibility index (Phi) is 6.08. The normalized spacial score (nSPS) is 10.8. The van der Waals surface area contributed by atoms with Crippen LogP contribution in [0.3, 0.4) is 0 Å². The molecule has 0 unspecified atom stereocenters. The van der Waals surface area contributed by atoms with Gasteiger partial charge in [0.25, 0.3) is 0 Å². The van der Waals surface area contributed by atoms with Gasteiger partial charge in [-0.2, -0.15) is 21.3 Å². The van der Waals surface area contributed by atoms with E-state index >= 15 is 0 Å². The van der Waals surface area contributed by atoms with Crippen LogP contribution in [0.15, 0.2) is 35.3 Å². The average molecular weight is 441 g/mol. The third kappa shape index (κ3) is 4.06. The smallest absolute Gasteiger partial charge is 0.231 e. The molecule has 0 amide bonds. The standard InChI is InChI=1S/C21H24N6O3S/c1-5-7-22-19-17-20(27(12-23-17)14-6-8-31-11-14)26-21(25-19)24-13-9-15(28-2)18(30-4)16(10-13)29-3/h6,8-12H,5,7H2,1-4H3,(H2,22,24,25,26). The lowest BCUT2D eigenvalue weighted by molar-refractivity contribution is 0.324. The minimum absolute atomic E-state index is 0.428. The lowest BCUT2D eigenvalue weighted by Gasteiger charge is -2.15. The van der Waals surface area contributed by atoms with Crippen LogP contribution in [0.2, 0.25) is 0 Å². The number of aromatic nitrogens is 4. The monoisotopic (exact) mass is 440 g/mol. The molecular formula is C21H24N6O3S. The Hall–Kier alpha value is -3.53. The number of benzene rings is 1. The maximum absolute atomic E-state index is 5.45. The number of fused-ring (bicyclic) bond motifs is 1. The molecule has 9 nitrogen and oxygen atoms in total. The topological polar surface area (TPSA) is 95.4 Å². The van der Waals surface area contributed by atoms with Gasteiger partial charge < -0.3 is 24.8 Å². The van der Waals surface area contributed by atoms with Crippen molar-refractivity contribution >= 4 is 40.0 Å². The van der Waals surface area contributed by atoms with Gasteiger partial charge in [0, 0.05) is 29.7 Å². The molecule has 0 bridgehead atoms. The molecule has 0 aliphatic heterocycles. The molecule has 162 valence electrons. The number of ether oxygens (including phenoxy) is 3. The SMILES string of the molecule is CCCNc1nc(Nc2cc(OC)c(OC)c(OC)c2)nc2c1ncn2-c1ccsc1. The van der Waals surface area contributed by atoms with E-state index in [0.717, 1.165) is 24.2 Å². The molecule has 3 aromatic heterocycles. The van der Waals surface area contributed by atoms with Gasteiger partial charge in [-0.1, -0.05) is 6.92 Å². The molecule has 0 saturated heterocycles. The van der Waals surface area contributed by atoms with Gasteiger partial charge in [0.15, 0.2) is 28.5 Å². The summed E-state index contributed by atoms with van der Waals surface area (Å²) in [4.78, 5) is 14.0. The molecule has 0 spiro atoms. The van der Waals surface area contributed by atoms with Crippen molar-refractivity contribution in [1.29, 1.82) is 0 Å². The Morgan fingerprint density at radius 3 is 2.45 bits per heavy atom. The van der Waals surface area contributed by atoms with Gasteiger partial charge in [-0.25, -0.2) is 4.98 Å².